The van der Waals surface area contributed by atoms with Crippen LogP contribution in [0.15, 0.2) is 54.7 Å². The lowest BCUT2D eigenvalue weighted by molar-refractivity contribution is 0.0985. The molecule has 2 aromatic carbocycles. The molecule has 0 bridgehead atoms. The van der Waals surface area contributed by atoms with E-state index in [9.17, 15) is 13.6 Å². The summed E-state index contributed by atoms with van der Waals surface area (Å²) < 4.78 is 32.7. The van der Waals surface area contributed by atoms with Gasteiger partial charge >= 0.3 is 0 Å². The highest BCUT2D eigenvalue weighted by Gasteiger charge is 2.17. The number of ketones is 1. The Hall–Kier alpha value is -2.79. The number of hydrogen-bond acceptors (Lipinski definition) is 3. The third-order valence-electron chi connectivity index (χ3n) is 3.88. The van der Waals surface area contributed by atoms with E-state index in [4.69, 9.17) is 16.3 Å². The van der Waals surface area contributed by atoms with Crippen molar-refractivity contribution in [3.05, 3.63) is 82.5 Å². The Balaban J connectivity index is 1.85. The Morgan fingerprint density at radius 3 is 2.38 bits per heavy atom. The van der Waals surface area contributed by atoms with E-state index in [0.29, 0.717) is 22.0 Å². The maximum absolute atomic E-state index is 13.7. The van der Waals surface area contributed by atoms with E-state index in [2.05, 4.69) is 4.98 Å². The zero-order valence-corrected chi connectivity index (χ0v) is 14.6. The summed E-state index contributed by atoms with van der Waals surface area (Å²) in [5.74, 6) is -1.91. The molecule has 1 aromatic heterocycles. The number of aromatic nitrogens is 1. The third-order valence-corrected chi connectivity index (χ3v) is 4.09. The van der Waals surface area contributed by atoms with Gasteiger partial charge in [0.25, 0.3) is 0 Å². The summed E-state index contributed by atoms with van der Waals surface area (Å²) in [6.07, 6.45) is 1.38. The van der Waals surface area contributed by atoms with Crippen molar-refractivity contribution in [2.75, 3.05) is 7.11 Å². The maximum Gasteiger partial charge on any atom is 0.221 e. The van der Waals surface area contributed by atoms with E-state index in [1.807, 2.05) is 0 Å². The Morgan fingerprint density at radius 2 is 1.77 bits per heavy atom. The molecule has 0 atom stereocenters. The number of ether oxygens (including phenoxy) is 1. The van der Waals surface area contributed by atoms with Crippen LogP contribution >= 0.6 is 11.6 Å². The number of hydrogen-bond donors (Lipinski definition) is 0. The van der Waals surface area contributed by atoms with Gasteiger partial charge in [-0.2, -0.15) is 0 Å². The van der Waals surface area contributed by atoms with Crippen molar-refractivity contribution in [1.29, 1.82) is 0 Å². The molecule has 0 saturated carbocycles. The minimum Gasteiger partial charge on any atom is -0.481 e. The molecule has 1 heterocycles. The second kappa shape index (κ2) is 7.62. The SMILES string of the molecule is COc1ncc(Cl)cc1-c1ccc(CC(=O)c2c(F)cccc2F)cc1. The summed E-state index contributed by atoms with van der Waals surface area (Å²) in [6.45, 7) is 0. The van der Waals surface area contributed by atoms with Gasteiger partial charge in [0, 0.05) is 18.2 Å². The molecular weight excluding hydrogens is 360 g/mol. The molecule has 0 spiro atoms. The number of pyridine rings is 1. The lowest BCUT2D eigenvalue weighted by Crippen LogP contribution is -2.09. The molecule has 0 N–H and O–H groups in total. The fourth-order valence-corrected chi connectivity index (χ4v) is 2.79. The van der Waals surface area contributed by atoms with Crippen molar-refractivity contribution < 1.29 is 18.3 Å². The monoisotopic (exact) mass is 373 g/mol. The van der Waals surface area contributed by atoms with Crippen molar-refractivity contribution >= 4 is 17.4 Å². The van der Waals surface area contributed by atoms with Crippen LogP contribution < -0.4 is 4.74 Å². The van der Waals surface area contributed by atoms with E-state index in [0.717, 1.165) is 17.7 Å². The molecular formula is C20H14ClF2NO2. The first kappa shape index (κ1) is 18.0. The Morgan fingerprint density at radius 1 is 1.12 bits per heavy atom. The minimum absolute atomic E-state index is 0.108. The van der Waals surface area contributed by atoms with Gasteiger partial charge in [-0.3, -0.25) is 4.79 Å². The number of carbonyl (C=O) groups excluding carboxylic acids is 1. The standard InChI is InChI=1S/C20H14ClF2NO2/c1-26-20-15(10-14(21)11-24-20)13-7-5-12(6-8-13)9-18(25)19-16(22)3-2-4-17(19)23/h2-8,10-11H,9H2,1H3. The smallest absolute Gasteiger partial charge is 0.221 e. The van der Waals surface area contributed by atoms with Crippen LogP contribution in [-0.4, -0.2) is 17.9 Å². The fourth-order valence-electron chi connectivity index (χ4n) is 2.64. The molecule has 0 saturated heterocycles. The van der Waals surface area contributed by atoms with E-state index < -0.39 is 23.0 Å². The van der Waals surface area contributed by atoms with Crippen molar-refractivity contribution in [2.45, 2.75) is 6.42 Å². The number of nitrogens with zero attached hydrogens (tertiary/aromatic N) is 1. The molecule has 3 aromatic rings. The molecule has 0 amide bonds. The fraction of sp³-hybridized carbons (Fsp3) is 0.100. The average Bonchev–Trinajstić information content (AvgIpc) is 2.62. The Bertz CT molecular complexity index is 938. The third kappa shape index (κ3) is 3.73. The molecule has 0 radical (unpaired) electrons. The number of Topliss-reactive ketones (excluding diaryl/α,β-unsaturated/α-hetero) is 1. The number of carbonyl (C=O) groups is 1. The first-order valence-electron chi connectivity index (χ1n) is 7.75. The number of halogens is 3. The zero-order valence-electron chi connectivity index (χ0n) is 13.8. The molecule has 0 unspecified atom stereocenters. The first-order chi connectivity index (χ1) is 12.5. The van der Waals surface area contributed by atoms with Crippen LogP contribution in [0.5, 0.6) is 5.88 Å². The molecule has 0 aliphatic rings. The maximum atomic E-state index is 13.7. The molecule has 3 rings (SSSR count). The van der Waals surface area contributed by atoms with Gasteiger partial charge in [-0.1, -0.05) is 41.9 Å². The van der Waals surface area contributed by atoms with Gasteiger partial charge in [0.1, 0.15) is 11.6 Å². The molecule has 26 heavy (non-hydrogen) atoms. The van der Waals surface area contributed by atoms with Gasteiger partial charge in [-0.15, -0.1) is 0 Å². The van der Waals surface area contributed by atoms with Crippen LogP contribution in [0.4, 0.5) is 8.78 Å². The van der Waals surface area contributed by atoms with Crippen LogP contribution in [-0.2, 0) is 6.42 Å². The summed E-state index contributed by atoms with van der Waals surface area (Å²) in [4.78, 5) is 16.3. The molecule has 0 aliphatic heterocycles. The number of rotatable bonds is 5. The summed E-state index contributed by atoms with van der Waals surface area (Å²) in [5.41, 5.74) is 1.62. The highest BCUT2D eigenvalue weighted by molar-refractivity contribution is 6.30. The molecule has 132 valence electrons. The lowest BCUT2D eigenvalue weighted by atomic mass is 9.99. The summed E-state index contributed by atoms with van der Waals surface area (Å²) in [5, 5.41) is 0.468. The Labute approximate surface area is 154 Å². The molecule has 6 heteroatoms. The van der Waals surface area contributed by atoms with E-state index in [1.54, 1.807) is 30.3 Å². The number of benzene rings is 2. The van der Waals surface area contributed by atoms with E-state index >= 15 is 0 Å². The van der Waals surface area contributed by atoms with Gasteiger partial charge in [0.2, 0.25) is 5.88 Å². The molecule has 0 aliphatic carbocycles. The van der Waals surface area contributed by atoms with Gasteiger partial charge in [-0.05, 0) is 29.3 Å². The second-order valence-electron chi connectivity index (χ2n) is 5.60. The van der Waals surface area contributed by atoms with Crippen molar-refractivity contribution in [3.63, 3.8) is 0 Å². The largest absolute Gasteiger partial charge is 0.481 e. The molecule has 3 nitrogen and oxygen atoms in total. The van der Waals surface area contributed by atoms with Crippen LogP contribution in [0.25, 0.3) is 11.1 Å². The van der Waals surface area contributed by atoms with E-state index in [-0.39, 0.29) is 6.42 Å². The second-order valence-corrected chi connectivity index (χ2v) is 6.04. The van der Waals surface area contributed by atoms with E-state index in [1.165, 1.54) is 19.4 Å². The zero-order chi connectivity index (χ0) is 18.7. The summed E-state index contributed by atoms with van der Waals surface area (Å²) in [6, 6.07) is 12.1. The number of methoxy groups -OCH3 is 1. The van der Waals surface area contributed by atoms with Crippen LogP contribution in [0, 0.1) is 11.6 Å². The predicted octanol–water partition coefficient (Wildman–Crippen LogP) is 5.11. The van der Waals surface area contributed by atoms with Crippen LogP contribution in [0.2, 0.25) is 5.02 Å². The van der Waals surface area contributed by atoms with Crippen molar-refractivity contribution in [1.82, 2.24) is 4.98 Å². The highest BCUT2D eigenvalue weighted by atomic mass is 35.5. The van der Waals surface area contributed by atoms with Crippen molar-refractivity contribution in [3.8, 4) is 17.0 Å². The van der Waals surface area contributed by atoms with Gasteiger partial charge in [0.15, 0.2) is 5.78 Å². The van der Waals surface area contributed by atoms with Crippen LogP contribution in [0.3, 0.4) is 0 Å². The quantitative estimate of drug-likeness (QED) is 0.583. The van der Waals surface area contributed by atoms with Gasteiger partial charge < -0.3 is 4.74 Å². The summed E-state index contributed by atoms with van der Waals surface area (Å²) >= 11 is 5.99. The lowest BCUT2D eigenvalue weighted by Gasteiger charge is -2.09. The van der Waals surface area contributed by atoms with Crippen molar-refractivity contribution in [2.24, 2.45) is 0 Å². The normalized spacial score (nSPS) is 10.6. The topological polar surface area (TPSA) is 39.2 Å². The van der Waals surface area contributed by atoms with Gasteiger partial charge in [0.05, 0.1) is 17.7 Å². The minimum atomic E-state index is -0.860. The summed E-state index contributed by atoms with van der Waals surface area (Å²) in [7, 11) is 1.51. The average molecular weight is 374 g/mol. The first-order valence-corrected chi connectivity index (χ1v) is 8.13. The highest BCUT2D eigenvalue weighted by Crippen LogP contribution is 2.30. The van der Waals surface area contributed by atoms with Gasteiger partial charge in [-0.25, -0.2) is 13.8 Å². The predicted molar refractivity (Wildman–Crippen MR) is 95.6 cm³/mol. The Kier molecular flexibility index (Phi) is 5.28. The van der Waals surface area contributed by atoms with Crippen LogP contribution in [0.1, 0.15) is 15.9 Å². The molecule has 0 fully saturated rings.